The van der Waals surface area contributed by atoms with Crippen LogP contribution < -0.4 is 10.6 Å². The van der Waals surface area contributed by atoms with E-state index in [1.807, 2.05) is 0 Å². The van der Waals surface area contributed by atoms with Gasteiger partial charge in [0.25, 0.3) is 7.82 Å². The standard InChI is InChI=1S/C31H62NO13P/c1-3-4-5-6-7-8-9-10-11-12-13-14-15-16-17-18-19-42-46(39,40)45-30-28(41-2)26(37)25(36)27(38)29(30)44-31-22(32)24(35)23(34)21(20-33)43-31/h21-31,33-38H,3-20,32H2,1-2H3,(H,39,40)/p-1/t21-,22-,23+,24-,25-,26-,27+,28-,29-,30-,31-/m1/s1. The molecule has 0 aromatic heterocycles. The maximum atomic E-state index is 12.8. The number of rotatable bonds is 24. The zero-order valence-electron chi connectivity index (χ0n) is 27.6. The van der Waals surface area contributed by atoms with Crippen molar-refractivity contribution >= 4 is 7.82 Å². The number of hydrogen-bond acceptors (Lipinski definition) is 14. The molecule has 8 N–H and O–H groups in total. The van der Waals surface area contributed by atoms with Gasteiger partial charge in [0.15, 0.2) is 6.29 Å². The molecular formula is C31H61NO13P-. The van der Waals surface area contributed by atoms with E-state index in [1.165, 1.54) is 70.6 Å². The molecule has 1 heterocycles. The molecule has 2 aliphatic rings. The van der Waals surface area contributed by atoms with Gasteiger partial charge in [-0.1, -0.05) is 103 Å². The summed E-state index contributed by atoms with van der Waals surface area (Å²) in [6.45, 7) is 1.39. The van der Waals surface area contributed by atoms with Gasteiger partial charge in [-0.05, 0) is 6.42 Å². The van der Waals surface area contributed by atoms with Crippen molar-refractivity contribution < 1.29 is 63.4 Å². The first-order valence-electron chi connectivity index (χ1n) is 17.2. The number of ether oxygens (including phenoxy) is 3. The Kier molecular flexibility index (Phi) is 20.4. The minimum absolute atomic E-state index is 0.137. The van der Waals surface area contributed by atoms with E-state index in [0.29, 0.717) is 6.42 Å². The average molecular weight is 687 g/mol. The Balaban J connectivity index is 1.75. The molecule has 0 radical (unpaired) electrons. The zero-order valence-corrected chi connectivity index (χ0v) is 28.5. The van der Waals surface area contributed by atoms with Crippen molar-refractivity contribution in [2.45, 2.75) is 177 Å². The lowest BCUT2D eigenvalue weighted by atomic mass is 9.84. The number of hydrogen-bond donors (Lipinski definition) is 7. The van der Waals surface area contributed by atoms with E-state index < -0.39 is 81.7 Å². The fraction of sp³-hybridized carbons (Fsp3) is 1.00. The Hall–Kier alpha value is -0.290. The van der Waals surface area contributed by atoms with E-state index in [1.54, 1.807) is 0 Å². The summed E-state index contributed by atoms with van der Waals surface area (Å²) in [6, 6.07) is -1.39. The molecule has 2 fully saturated rings. The van der Waals surface area contributed by atoms with Crippen LogP contribution in [-0.4, -0.2) is 118 Å². The number of aliphatic hydroxyl groups excluding tert-OH is 6. The molecule has 0 aromatic carbocycles. The lowest BCUT2D eigenvalue weighted by Gasteiger charge is -2.48. The molecule has 1 aliphatic heterocycles. The fourth-order valence-corrected chi connectivity index (χ4v) is 7.06. The molecule has 274 valence electrons. The maximum Gasteiger partial charge on any atom is 0.268 e. The summed E-state index contributed by atoms with van der Waals surface area (Å²) in [4.78, 5) is 12.8. The Morgan fingerprint density at radius 1 is 0.696 bits per heavy atom. The molecule has 0 amide bonds. The average Bonchev–Trinajstić information content (AvgIpc) is 3.03. The smallest absolute Gasteiger partial charge is 0.268 e. The molecule has 2 rings (SSSR count). The van der Waals surface area contributed by atoms with Crippen molar-refractivity contribution in [3.63, 3.8) is 0 Å². The van der Waals surface area contributed by atoms with Crippen LogP contribution in [0.15, 0.2) is 0 Å². The first kappa shape index (κ1) is 41.9. The van der Waals surface area contributed by atoms with Crippen molar-refractivity contribution in [2.24, 2.45) is 5.73 Å². The first-order chi connectivity index (χ1) is 22.0. The minimum atomic E-state index is -5.04. The van der Waals surface area contributed by atoms with Gasteiger partial charge in [-0.25, -0.2) is 0 Å². The number of aliphatic hydroxyl groups is 6. The fourth-order valence-electron chi connectivity index (χ4n) is 6.10. The highest BCUT2D eigenvalue weighted by atomic mass is 31.2. The molecule has 1 saturated heterocycles. The lowest BCUT2D eigenvalue weighted by Crippen LogP contribution is -2.68. The van der Waals surface area contributed by atoms with Gasteiger partial charge in [0.1, 0.15) is 54.9 Å². The van der Waals surface area contributed by atoms with E-state index in [0.717, 1.165) is 32.8 Å². The van der Waals surface area contributed by atoms with Crippen molar-refractivity contribution in [1.29, 1.82) is 0 Å². The Labute approximate surface area is 274 Å². The lowest BCUT2D eigenvalue weighted by molar-refractivity contribution is -0.322. The second-order valence-corrected chi connectivity index (χ2v) is 14.1. The topological polar surface area (TPSA) is 234 Å². The molecule has 1 aliphatic carbocycles. The van der Waals surface area contributed by atoms with E-state index in [-0.39, 0.29) is 6.61 Å². The highest BCUT2D eigenvalue weighted by Gasteiger charge is 2.54. The molecule has 1 unspecified atom stereocenters. The molecule has 14 nitrogen and oxygen atoms in total. The normalized spacial score (nSPS) is 34.9. The van der Waals surface area contributed by atoms with Crippen molar-refractivity contribution in [3.8, 4) is 0 Å². The minimum Gasteiger partial charge on any atom is -0.756 e. The summed E-state index contributed by atoms with van der Waals surface area (Å²) in [7, 11) is -3.89. The van der Waals surface area contributed by atoms with Gasteiger partial charge in [-0.3, -0.25) is 4.57 Å². The van der Waals surface area contributed by atoms with Crippen LogP contribution in [0.25, 0.3) is 0 Å². The van der Waals surface area contributed by atoms with Crippen molar-refractivity contribution in [3.05, 3.63) is 0 Å². The van der Waals surface area contributed by atoms with Gasteiger partial charge in [0, 0.05) is 7.11 Å². The highest BCUT2D eigenvalue weighted by Crippen LogP contribution is 2.44. The van der Waals surface area contributed by atoms with Gasteiger partial charge < -0.3 is 64.5 Å². The van der Waals surface area contributed by atoms with Gasteiger partial charge in [-0.2, -0.15) is 0 Å². The monoisotopic (exact) mass is 686 g/mol. The number of phosphoric acid groups is 1. The second kappa shape index (κ2) is 22.4. The third kappa shape index (κ3) is 13.5. The summed E-state index contributed by atoms with van der Waals surface area (Å²) in [5, 5.41) is 61.4. The molecule has 15 heteroatoms. The summed E-state index contributed by atoms with van der Waals surface area (Å²) in [5.41, 5.74) is 5.92. The molecule has 0 spiro atoms. The van der Waals surface area contributed by atoms with Crippen LogP contribution in [-0.2, 0) is 27.8 Å². The Morgan fingerprint density at radius 3 is 1.65 bits per heavy atom. The summed E-state index contributed by atoms with van der Waals surface area (Å²) < 4.78 is 39.4. The van der Waals surface area contributed by atoms with Crippen molar-refractivity contribution in [2.75, 3.05) is 20.3 Å². The van der Waals surface area contributed by atoms with E-state index in [2.05, 4.69) is 6.92 Å². The Morgan fingerprint density at radius 2 is 1.17 bits per heavy atom. The Bertz CT molecular complexity index is 842. The molecule has 46 heavy (non-hydrogen) atoms. The highest BCUT2D eigenvalue weighted by molar-refractivity contribution is 7.45. The van der Waals surface area contributed by atoms with E-state index in [9.17, 15) is 40.1 Å². The predicted molar refractivity (Wildman–Crippen MR) is 167 cm³/mol. The molecular weight excluding hydrogens is 625 g/mol. The van der Waals surface area contributed by atoms with E-state index >= 15 is 0 Å². The van der Waals surface area contributed by atoms with Crippen LogP contribution in [0.1, 0.15) is 110 Å². The number of phosphoric ester groups is 1. The summed E-state index contributed by atoms with van der Waals surface area (Å²) >= 11 is 0. The van der Waals surface area contributed by atoms with Gasteiger partial charge >= 0.3 is 0 Å². The van der Waals surface area contributed by atoms with Crippen LogP contribution in [0.5, 0.6) is 0 Å². The molecule has 12 atom stereocenters. The van der Waals surface area contributed by atoms with Crippen LogP contribution in [0.4, 0.5) is 0 Å². The first-order valence-corrected chi connectivity index (χ1v) is 18.7. The van der Waals surface area contributed by atoms with Crippen LogP contribution in [0.3, 0.4) is 0 Å². The zero-order chi connectivity index (χ0) is 34.1. The van der Waals surface area contributed by atoms with E-state index in [4.69, 9.17) is 29.0 Å². The van der Waals surface area contributed by atoms with Gasteiger partial charge in [0.05, 0.1) is 19.3 Å². The number of unbranched alkanes of at least 4 members (excludes halogenated alkanes) is 15. The third-order valence-corrected chi connectivity index (χ3v) is 10.0. The van der Waals surface area contributed by atoms with Crippen LogP contribution in [0.2, 0.25) is 0 Å². The SMILES string of the molecule is CCCCCCCCCCCCCCCCCCOP(=O)([O-])O[C@@H]1[C@H](OC)[C@H](O)[C@@H](O)[C@H](O)[C@H]1O[C@H]1O[C@H](CO)[C@H](O)[C@H](O)[C@H]1N. The van der Waals surface area contributed by atoms with Gasteiger partial charge in [0.2, 0.25) is 0 Å². The number of nitrogens with two attached hydrogens (primary N) is 1. The van der Waals surface area contributed by atoms with Crippen LogP contribution >= 0.6 is 7.82 Å². The summed E-state index contributed by atoms with van der Waals surface area (Å²) in [6.07, 6.45) is 2.37. The molecule has 0 aromatic rings. The maximum absolute atomic E-state index is 12.8. The predicted octanol–water partition coefficient (Wildman–Crippen LogP) is 1.38. The largest absolute Gasteiger partial charge is 0.756 e. The van der Waals surface area contributed by atoms with Crippen molar-refractivity contribution in [1.82, 2.24) is 0 Å². The van der Waals surface area contributed by atoms with Crippen LogP contribution in [0, 0.1) is 0 Å². The summed E-state index contributed by atoms with van der Waals surface area (Å²) in [5.74, 6) is 0. The number of methoxy groups -OCH3 is 1. The third-order valence-electron chi connectivity index (χ3n) is 9.01. The quantitative estimate of drug-likeness (QED) is 0.0562. The molecule has 1 saturated carbocycles. The van der Waals surface area contributed by atoms with Gasteiger partial charge in [-0.15, -0.1) is 0 Å². The second-order valence-electron chi connectivity index (χ2n) is 12.7. The molecule has 0 bridgehead atoms.